The van der Waals surface area contributed by atoms with Crippen molar-refractivity contribution >= 4 is 11.3 Å². The van der Waals surface area contributed by atoms with Gasteiger partial charge in [0.1, 0.15) is 5.01 Å². The second-order valence-electron chi connectivity index (χ2n) is 4.17. The summed E-state index contributed by atoms with van der Waals surface area (Å²) in [5.41, 5.74) is -0.00000360. The van der Waals surface area contributed by atoms with Gasteiger partial charge in [0.15, 0.2) is 0 Å². The number of thiazole rings is 1. The standard InChI is InChI=1S/C13H13F3N2S/c1-9-6-18-12(19-9)8-17-7-10-3-2-4-11(5-10)13(14,15)16/h2-6,17H,7-8H2,1H3. The molecular formula is C13H13F3N2S. The van der Waals surface area contributed by atoms with Gasteiger partial charge in [-0.1, -0.05) is 18.2 Å². The zero-order chi connectivity index (χ0) is 13.9. The van der Waals surface area contributed by atoms with Crippen molar-refractivity contribution in [1.29, 1.82) is 0 Å². The summed E-state index contributed by atoms with van der Waals surface area (Å²) in [6.45, 7) is 2.92. The molecule has 0 amide bonds. The number of halogens is 3. The van der Waals surface area contributed by atoms with E-state index in [4.69, 9.17) is 0 Å². The van der Waals surface area contributed by atoms with Crippen molar-refractivity contribution < 1.29 is 13.2 Å². The minimum atomic E-state index is -4.29. The van der Waals surface area contributed by atoms with Gasteiger partial charge in [0.05, 0.1) is 5.56 Å². The maximum atomic E-state index is 12.5. The van der Waals surface area contributed by atoms with Crippen LogP contribution in [0.1, 0.15) is 21.0 Å². The molecule has 2 nitrogen and oxygen atoms in total. The van der Waals surface area contributed by atoms with Crippen LogP contribution >= 0.6 is 11.3 Å². The van der Waals surface area contributed by atoms with Gasteiger partial charge in [-0.25, -0.2) is 4.98 Å². The molecule has 1 aromatic carbocycles. The number of hydrogen-bond acceptors (Lipinski definition) is 3. The fourth-order valence-corrected chi connectivity index (χ4v) is 2.41. The Bertz CT molecular complexity index is 549. The first-order valence-corrected chi connectivity index (χ1v) is 6.55. The molecule has 0 saturated heterocycles. The lowest BCUT2D eigenvalue weighted by Gasteiger charge is -2.09. The molecule has 6 heteroatoms. The largest absolute Gasteiger partial charge is 0.416 e. The molecule has 0 atom stereocenters. The fourth-order valence-electron chi connectivity index (χ4n) is 1.65. The fraction of sp³-hybridized carbons (Fsp3) is 0.308. The van der Waals surface area contributed by atoms with Crippen LogP contribution in [-0.2, 0) is 19.3 Å². The maximum absolute atomic E-state index is 12.5. The van der Waals surface area contributed by atoms with Gasteiger partial charge in [0.25, 0.3) is 0 Å². The monoisotopic (exact) mass is 286 g/mol. The minimum absolute atomic E-state index is 0.391. The average molecular weight is 286 g/mol. The van der Waals surface area contributed by atoms with Crippen LogP contribution in [0, 0.1) is 6.92 Å². The highest BCUT2D eigenvalue weighted by Gasteiger charge is 2.30. The summed E-state index contributed by atoms with van der Waals surface area (Å²) in [6.07, 6.45) is -2.51. The molecule has 0 aliphatic rings. The molecule has 1 aromatic heterocycles. The molecule has 0 unspecified atom stereocenters. The first-order valence-electron chi connectivity index (χ1n) is 5.73. The predicted molar refractivity (Wildman–Crippen MR) is 68.8 cm³/mol. The number of nitrogens with zero attached hydrogens (tertiary/aromatic N) is 1. The van der Waals surface area contributed by atoms with Gasteiger partial charge in [-0.2, -0.15) is 13.2 Å². The molecule has 19 heavy (non-hydrogen) atoms. The van der Waals surface area contributed by atoms with Crippen molar-refractivity contribution in [3.05, 3.63) is 51.5 Å². The number of nitrogens with one attached hydrogen (secondary N) is 1. The van der Waals surface area contributed by atoms with Crippen LogP contribution in [0.2, 0.25) is 0 Å². The molecule has 0 bridgehead atoms. The number of benzene rings is 1. The van der Waals surface area contributed by atoms with Gasteiger partial charge >= 0.3 is 6.18 Å². The maximum Gasteiger partial charge on any atom is 0.416 e. The molecule has 0 saturated carbocycles. The average Bonchev–Trinajstić information content (AvgIpc) is 2.74. The van der Waals surface area contributed by atoms with E-state index in [9.17, 15) is 13.2 Å². The highest BCUT2D eigenvalue weighted by atomic mass is 32.1. The molecule has 2 rings (SSSR count). The second-order valence-corrected chi connectivity index (χ2v) is 5.49. The molecule has 1 N–H and O–H groups in total. The first-order chi connectivity index (χ1) is 8.95. The zero-order valence-corrected chi connectivity index (χ0v) is 11.1. The van der Waals surface area contributed by atoms with Crippen molar-refractivity contribution in [1.82, 2.24) is 10.3 Å². The summed E-state index contributed by atoms with van der Waals surface area (Å²) in [5.74, 6) is 0. The zero-order valence-electron chi connectivity index (χ0n) is 10.3. The molecule has 0 aliphatic heterocycles. The topological polar surface area (TPSA) is 24.9 Å². The highest BCUT2D eigenvalue weighted by molar-refractivity contribution is 7.11. The Kier molecular flexibility index (Phi) is 4.21. The quantitative estimate of drug-likeness (QED) is 0.925. The predicted octanol–water partition coefficient (Wildman–Crippen LogP) is 3.76. The van der Waals surface area contributed by atoms with Crippen LogP contribution < -0.4 is 5.32 Å². The molecule has 102 valence electrons. The number of aryl methyl sites for hydroxylation is 1. The molecule has 0 aliphatic carbocycles. The number of aromatic nitrogens is 1. The van der Waals surface area contributed by atoms with E-state index in [0.29, 0.717) is 18.7 Å². The molecule has 1 heterocycles. The van der Waals surface area contributed by atoms with Gasteiger partial charge in [-0.15, -0.1) is 11.3 Å². The minimum Gasteiger partial charge on any atom is -0.306 e. The Labute approximate surface area is 113 Å². The van der Waals surface area contributed by atoms with E-state index >= 15 is 0 Å². The molecular weight excluding hydrogens is 273 g/mol. The lowest BCUT2D eigenvalue weighted by Crippen LogP contribution is -2.13. The van der Waals surface area contributed by atoms with Crippen LogP contribution in [0.3, 0.4) is 0 Å². The number of alkyl halides is 3. The lowest BCUT2D eigenvalue weighted by molar-refractivity contribution is -0.137. The van der Waals surface area contributed by atoms with E-state index in [1.54, 1.807) is 23.6 Å². The highest BCUT2D eigenvalue weighted by Crippen LogP contribution is 2.29. The van der Waals surface area contributed by atoms with E-state index in [-0.39, 0.29) is 0 Å². The van der Waals surface area contributed by atoms with E-state index in [2.05, 4.69) is 10.3 Å². The Morgan fingerprint density at radius 1 is 1.26 bits per heavy atom. The Hall–Kier alpha value is -1.40. The SMILES string of the molecule is Cc1cnc(CNCc2cccc(C(F)(F)F)c2)s1. The van der Waals surface area contributed by atoms with Crippen molar-refractivity contribution in [3.8, 4) is 0 Å². The van der Waals surface area contributed by atoms with Crippen molar-refractivity contribution in [3.63, 3.8) is 0 Å². The van der Waals surface area contributed by atoms with Crippen molar-refractivity contribution in [2.24, 2.45) is 0 Å². The third-order valence-corrected chi connectivity index (χ3v) is 3.44. The summed E-state index contributed by atoms with van der Waals surface area (Å²) in [5, 5.41) is 4.03. The van der Waals surface area contributed by atoms with E-state index in [1.165, 1.54) is 12.1 Å². The van der Waals surface area contributed by atoms with E-state index in [1.807, 2.05) is 6.92 Å². The Morgan fingerprint density at radius 3 is 2.68 bits per heavy atom. The first kappa shape index (κ1) is 14.0. The number of hydrogen-bond donors (Lipinski definition) is 1. The Morgan fingerprint density at radius 2 is 2.05 bits per heavy atom. The van der Waals surface area contributed by atoms with Gasteiger partial charge in [-0.05, 0) is 18.6 Å². The summed E-state index contributed by atoms with van der Waals surface area (Å²) in [7, 11) is 0. The lowest BCUT2D eigenvalue weighted by atomic mass is 10.1. The van der Waals surface area contributed by atoms with Crippen molar-refractivity contribution in [2.75, 3.05) is 0 Å². The van der Waals surface area contributed by atoms with Crippen LogP contribution in [0.4, 0.5) is 13.2 Å². The van der Waals surface area contributed by atoms with Crippen LogP contribution in [0.5, 0.6) is 0 Å². The normalized spacial score (nSPS) is 11.8. The summed E-state index contributed by atoms with van der Waals surface area (Å²) in [6, 6.07) is 5.34. The van der Waals surface area contributed by atoms with E-state index < -0.39 is 11.7 Å². The van der Waals surface area contributed by atoms with Gasteiger partial charge in [0.2, 0.25) is 0 Å². The van der Waals surface area contributed by atoms with Crippen molar-refractivity contribution in [2.45, 2.75) is 26.2 Å². The molecule has 0 fully saturated rings. The number of rotatable bonds is 4. The molecule has 0 spiro atoms. The second kappa shape index (κ2) is 5.71. The van der Waals surface area contributed by atoms with Crippen LogP contribution in [0.15, 0.2) is 30.5 Å². The summed E-state index contributed by atoms with van der Waals surface area (Å²) >= 11 is 1.58. The summed E-state index contributed by atoms with van der Waals surface area (Å²) < 4.78 is 37.6. The molecule has 0 radical (unpaired) electrons. The third-order valence-electron chi connectivity index (χ3n) is 2.53. The van der Waals surface area contributed by atoms with Crippen LogP contribution in [-0.4, -0.2) is 4.98 Å². The van der Waals surface area contributed by atoms with Gasteiger partial charge in [-0.3, -0.25) is 0 Å². The van der Waals surface area contributed by atoms with Gasteiger partial charge in [0, 0.05) is 24.2 Å². The summed E-state index contributed by atoms with van der Waals surface area (Å²) in [4.78, 5) is 5.30. The van der Waals surface area contributed by atoms with E-state index in [0.717, 1.165) is 16.0 Å². The molecule has 2 aromatic rings. The van der Waals surface area contributed by atoms with Gasteiger partial charge < -0.3 is 5.32 Å². The van der Waals surface area contributed by atoms with Crippen LogP contribution in [0.25, 0.3) is 0 Å². The third kappa shape index (κ3) is 4.04. The smallest absolute Gasteiger partial charge is 0.306 e. The Balaban J connectivity index is 1.93.